The smallest absolute Gasteiger partial charge is 0.240 e. The summed E-state index contributed by atoms with van der Waals surface area (Å²) in [5, 5.41) is 3.87. The Bertz CT molecular complexity index is 1310. The highest BCUT2D eigenvalue weighted by Gasteiger charge is 2.15. The summed E-state index contributed by atoms with van der Waals surface area (Å²) in [7, 11) is 0. The van der Waals surface area contributed by atoms with Crippen molar-refractivity contribution in [2.24, 2.45) is 0 Å². The lowest BCUT2D eigenvalue weighted by molar-refractivity contribution is -0.121. The van der Waals surface area contributed by atoms with Crippen LogP contribution in [0.15, 0.2) is 78.9 Å². The summed E-state index contributed by atoms with van der Waals surface area (Å²) < 4.78 is 8.91. The van der Waals surface area contributed by atoms with Crippen LogP contribution in [0.4, 0.5) is 0 Å². The topological polar surface area (TPSA) is 69.0 Å². The number of thiazole rings is 1. The highest BCUT2D eigenvalue weighted by molar-refractivity contribution is 7.18. The van der Waals surface area contributed by atoms with Crippen LogP contribution in [0.5, 0.6) is 5.75 Å². The van der Waals surface area contributed by atoms with E-state index in [1.807, 2.05) is 83.4 Å². The van der Waals surface area contributed by atoms with Crippen LogP contribution in [0.2, 0.25) is 0 Å². The molecule has 1 N–H and O–H groups in total. The molecule has 154 valence electrons. The van der Waals surface area contributed by atoms with Gasteiger partial charge in [-0.1, -0.05) is 42.5 Å². The number of aromatic nitrogens is 3. The molecule has 2 aromatic heterocycles. The molecule has 0 aliphatic rings. The maximum Gasteiger partial charge on any atom is 0.240 e. The molecule has 5 rings (SSSR count). The van der Waals surface area contributed by atoms with Crippen LogP contribution in [0.3, 0.4) is 0 Å². The van der Waals surface area contributed by atoms with Gasteiger partial charge in [0.25, 0.3) is 0 Å². The molecule has 0 aliphatic carbocycles. The number of hydrogen-bond donors (Lipinski definition) is 1. The molecule has 31 heavy (non-hydrogen) atoms. The number of amides is 1. The number of benzene rings is 3. The van der Waals surface area contributed by atoms with Crippen molar-refractivity contribution in [3.8, 4) is 5.75 Å². The number of nitrogens with one attached hydrogen (secondary N) is 1. The second-order valence-corrected chi connectivity index (χ2v) is 8.17. The Hall–Kier alpha value is -3.71. The van der Waals surface area contributed by atoms with Crippen LogP contribution < -0.4 is 10.1 Å². The Morgan fingerprint density at radius 3 is 2.48 bits per heavy atom. The molecule has 0 fully saturated rings. The third kappa shape index (κ3) is 4.27. The average molecular weight is 429 g/mol. The van der Waals surface area contributed by atoms with Crippen LogP contribution >= 0.6 is 11.3 Å². The first-order chi connectivity index (χ1) is 15.3. The van der Waals surface area contributed by atoms with Crippen molar-refractivity contribution in [2.45, 2.75) is 19.7 Å². The molecule has 0 spiro atoms. The van der Waals surface area contributed by atoms with Crippen molar-refractivity contribution in [2.75, 3.05) is 0 Å². The Kier molecular flexibility index (Phi) is 5.33. The zero-order chi connectivity index (χ0) is 21.0. The van der Waals surface area contributed by atoms with Gasteiger partial charge < -0.3 is 14.6 Å². The van der Waals surface area contributed by atoms with Crippen molar-refractivity contribution in [3.63, 3.8) is 0 Å². The predicted molar refractivity (Wildman–Crippen MR) is 122 cm³/mol. The number of nitrogens with zero attached hydrogens (tertiary/aromatic N) is 3. The molecule has 3 aromatic carbocycles. The summed E-state index contributed by atoms with van der Waals surface area (Å²) in [4.78, 5) is 22.0. The number of carbonyl (C=O) groups is 1. The minimum absolute atomic E-state index is 0.0941. The molecule has 0 saturated carbocycles. The third-order valence-corrected chi connectivity index (χ3v) is 5.96. The maximum atomic E-state index is 12.7. The largest absolute Gasteiger partial charge is 0.486 e. The number of carbonyl (C=O) groups excluding carboxylic acids is 1. The summed E-state index contributed by atoms with van der Waals surface area (Å²) in [6.07, 6.45) is 0. The molecule has 0 unspecified atom stereocenters. The van der Waals surface area contributed by atoms with E-state index in [1.54, 1.807) is 11.3 Å². The van der Waals surface area contributed by atoms with E-state index in [2.05, 4.69) is 15.3 Å². The zero-order valence-corrected chi connectivity index (χ0v) is 17.5. The lowest BCUT2D eigenvalue weighted by Crippen LogP contribution is -2.28. The summed E-state index contributed by atoms with van der Waals surface area (Å²) in [6.45, 7) is 0.851. The fraction of sp³-hybridized carbons (Fsp3) is 0.125. The molecule has 7 heteroatoms. The summed E-state index contributed by atoms with van der Waals surface area (Å²) in [5.41, 5.74) is 2.70. The Morgan fingerprint density at radius 1 is 0.903 bits per heavy atom. The summed E-state index contributed by atoms with van der Waals surface area (Å²) in [5.74, 6) is 1.38. The minimum Gasteiger partial charge on any atom is -0.486 e. The second-order valence-electron chi connectivity index (χ2n) is 7.06. The van der Waals surface area contributed by atoms with Crippen molar-refractivity contribution < 1.29 is 9.53 Å². The highest BCUT2D eigenvalue weighted by atomic mass is 32.1. The van der Waals surface area contributed by atoms with Crippen LogP contribution in [0.25, 0.3) is 21.3 Å². The Labute approximate surface area is 183 Å². The number of rotatable bonds is 7. The van der Waals surface area contributed by atoms with Gasteiger partial charge in [-0.05, 0) is 36.4 Å². The molecule has 1 amide bonds. The van der Waals surface area contributed by atoms with Gasteiger partial charge in [0.2, 0.25) is 5.91 Å². The first kappa shape index (κ1) is 19.3. The fourth-order valence-corrected chi connectivity index (χ4v) is 4.35. The van der Waals surface area contributed by atoms with Crippen molar-refractivity contribution in [1.29, 1.82) is 0 Å². The van der Waals surface area contributed by atoms with Crippen molar-refractivity contribution >= 4 is 38.5 Å². The van der Waals surface area contributed by atoms with Gasteiger partial charge in [0.15, 0.2) is 0 Å². The van der Waals surface area contributed by atoms with Gasteiger partial charge in [0.05, 0.1) is 27.8 Å². The second kappa shape index (κ2) is 8.57. The Morgan fingerprint density at radius 2 is 1.65 bits per heavy atom. The highest BCUT2D eigenvalue weighted by Crippen LogP contribution is 2.21. The van der Waals surface area contributed by atoms with Gasteiger partial charge in [-0.15, -0.1) is 11.3 Å². The molecule has 5 aromatic rings. The maximum absolute atomic E-state index is 12.7. The molecular formula is C24H20N4O2S. The van der Waals surface area contributed by atoms with E-state index in [1.165, 1.54) is 0 Å². The number of ether oxygens (including phenoxy) is 1. The van der Waals surface area contributed by atoms with E-state index in [0.717, 1.165) is 32.0 Å². The zero-order valence-electron chi connectivity index (χ0n) is 16.7. The monoisotopic (exact) mass is 428 g/mol. The van der Waals surface area contributed by atoms with Crippen LogP contribution in [-0.4, -0.2) is 20.4 Å². The van der Waals surface area contributed by atoms with Crippen LogP contribution in [-0.2, 0) is 24.5 Å². The molecule has 0 radical (unpaired) electrons. The van der Waals surface area contributed by atoms with E-state index in [0.29, 0.717) is 12.4 Å². The first-order valence-electron chi connectivity index (χ1n) is 9.99. The van der Waals surface area contributed by atoms with Gasteiger partial charge in [0.1, 0.15) is 29.7 Å². The van der Waals surface area contributed by atoms with Crippen molar-refractivity contribution in [1.82, 2.24) is 19.9 Å². The first-order valence-corrected chi connectivity index (χ1v) is 10.8. The molecule has 2 heterocycles. The van der Waals surface area contributed by atoms with Crippen LogP contribution in [0.1, 0.15) is 10.8 Å². The lowest BCUT2D eigenvalue weighted by Gasteiger charge is -2.10. The number of fused-ring (bicyclic) bond motifs is 2. The molecule has 6 nitrogen and oxygen atoms in total. The third-order valence-electron chi connectivity index (χ3n) is 4.92. The standard InChI is InChI=1S/C24H20N4O2S/c29-23(25-14-24-27-19-11-5-7-13-21(19)31-24)15-28-20-12-6-4-10-18(20)26-22(28)16-30-17-8-2-1-3-9-17/h1-13H,14-16H2,(H,25,29). The van der Waals surface area contributed by atoms with E-state index in [4.69, 9.17) is 4.74 Å². The van der Waals surface area contributed by atoms with E-state index in [-0.39, 0.29) is 19.1 Å². The van der Waals surface area contributed by atoms with Gasteiger partial charge in [-0.2, -0.15) is 0 Å². The van der Waals surface area contributed by atoms with E-state index >= 15 is 0 Å². The minimum atomic E-state index is -0.0941. The van der Waals surface area contributed by atoms with Gasteiger partial charge >= 0.3 is 0 Å². The molecular weight excluding hydrogens is 408 g/mol. The number of hydrogen-bond acceptors (Lipinski definition) is 5. The number of para-hydroxylation sites is 4. The van der Waals surface area contributed by atoms with Gasteiger partial charge in [0, 0.05) is 0 Å². The predicted octanol–water partition coefficient (Wildman–Crippen LogP) is 4.54. The fourth-order valence-electron chi connectivity index (χ4n) is 3.45. The van der Waals surface area contributed by atoms with Crippen LogP contribution in [0, 0.1) is 0 Å². The average Bonchev–Trinajstić information content (AvgIpc) is 3.38. The van der Waals surface area contributed by atoms with Gasteiger partial charge in [-0.25, -0.2) is 9.97 Å². The SMILES string of the molecule is O=C(Cn1c(COc2ccccc2)nc2ccccc21)NCc1nc2ccccc2s1. The summed E-state index contributed by atoms with van der Waals surface area (Å²) >= 11 is 1.59. The molecule has 0 saturated heterocycles. The van der Waals surface area contributed by atoms with E-state index < -0.39 is 0 Å². The lowest BCUT2D eigenvalue weighted by atomic mass is 10.3. The Balaban J connectivity index is 1.31. The normalized spacial score (nSPS) is 11.1. The van der Waals surface area contributed by atoms with Gasteiger partial charge in [-0.3, -0.25) is 4.79 Å². The number of imidazole rings is 1. The summed E-state index contributed by atoms with van der Waals surface area (Å²) in [6, 6.07) is 25.4. The quantitative estimate of drug-likeness (QED) is 0.413. The van der Waals surface area contributed by atoms with Crippen molar-refractivity contribution in [3.05, 3.63) is 89.7 Å². The molecule has 0 aliphatic heterocycles. The van der Waals surface area contributed by atoms with E-state index in [9.17, 15) is 4.79 Å². The molecule has 0 atom stereocenters. The molecule has 0 bridgehead atoms.